The fourth-order valence-electron chi connectivity index (χ4n) is 19.0. The van der Waals surface area contributed by atoms with Gasteiger partial charge in [-0.1, -0.05) is 60.1 Å². The third-order valence-electron chi connectivity index (χ3n) is 25.2. The molecule has 6 unspecified atom stereocenters. The lowest BCUT2D eigenvalue weighted by molar-refractivity contribution is -0.380. The Kier molecular flexibility index (Phi) is 21.7. The molecule has 546 valence electrons. The quantitative estimate of drug-likeness (QED) is 0.0426. The molecule has 0 aromatic carbocycles. The van der Waals surface area contributed by atoms with Gasteiger partial charge in [0.15, 0.2) is 31.5 Å². The molecule has 37 atom stereocenters. The van der Waals surface area contributed by atoms with Crippen molar-refractivity contribution in [1.29, 1.82) is 0 Å². The molecular weight excluding hydrogens is 1260 g/mol. The molecular formula is C65H106O30. The van der Waals surface area contributed by atoms with Gasteiger partial charge in [-0.3, -0.25) is 4.79 Å². The van der Waals surface area contributed by atoms with Gasteiger partial charge in [0.25, 0.3) is 0 Å². The Morgan fingerprint density at radius 2 is 1.02 bits per heavy atom. The van der Waals surface area contributed by atoms with E-state index in [1.807, 2.05) is 0 Å². The van der Waals surface area contributed by atoms with Crippen molar-refractivity contribution in [3.05, 3.63) is 11.6 Å². The van der Waals surface area contributed by atoms with Crippen LogP contribution in [0.25, 0.3) is 0 Å². The summed E-state index contributed by atoms with van der Waals surface area (Å²) in [5.41, 5.74) is -1.58. The van der Waals surface area contributed by atoms with Crippen LogP contribution in [0, 0.1) is 50.2 Å². The lowest BCUT2D eigenvalue weighted by Gasteiger charge is -2.71. The second-order valence-corrected chi connectivity index (χ2v) is 31.4. The van der Waals surface area contributed by atoms with Gasteiger partial charge in [0.05, 0.1) is 50.2 Å². The minimum atomic E-state index is -1.91. The van der Waals surface area contributed by atoms with Crippen LogP contribution in [0.15, 0.2) is 11.6 Å². The Balaban J connectivity index is 0.779. The summed E-state index contributed by atoms with van der Waals surface area (Å²) in [4.78, 5) is 15.3. The number of carbonyl (C=O) groups excluding carboxylic acids is 1. The highest BCUT2D eigenvalue weighted by molar-refractivity contribution is 5.79. The molecule has 4 saturated carbocycles. The van der Waals surface area contributed by atoms with Crippen molar-refractivity contribution in [2.75, 3.05) is 26.4 Å². The second-order valence-electron chi connectivity index (χ2n) is 31.4. The van der Waals surface area contributed by atoms with E-state index >= 15 is 4.79 Å². The first-order chi connectivity index (χ1) is 44.5. The van der Waals surface area contributed by atoms with Crippen molar-refractivity contribution in [2.45, 2.75) is 311 Å². The van der Waals surface area contributed by atoms with Gasteiger partial charge in [-0.05, 0) is 123 Å². The normalized spacial score (nSPS) is 54.6. The highest BCUT2D eigenvalue weighted by atomic mass is 16.8. The topological polar surface area (TPSA) is 472 Å². The molecule has 6 saturated heterocycles. The Hall–Kier alpha value is -1.91. The Morgan fingerprint density at radius 3 is 1.63 bits per heavy atom. The summed E-state index contributed by atoms with van der Waals surface area (Å²) >= 11 is 0. The van der Waals surface area contributed by atoms with Crippen LogP contribution in [0.3, 0.4) is 0 Å². The molecule has 6 heterocycles. The number of carbonyl (C=O) groups is 1. The van der Waals surface area contributed by atoms with Crippen molar-refractivity contribution >= 4 is 5.97 Å². The third-order valence-corrected chi connectivity index (χ3v) is 25.2. The number of rotatable bonds is 15. The lowest BCUT2D eigenvalue weighted by Crippen LogP contribution is -2.66. The van der Waals surface area contributed by atoms with Gasteiger partial charge in [0, 0.05) is 0 Å². The number of allylic oxidation sites excluding steroid dienone is 2. The lowest BCUT2D eigenvalue weighted by atomic mass is 9.33. The summed E-state index contributed by atoms with van der Waals surface area (Å²) in [6.07, 6.45) is -38.3. The van der Waals surface area contributed by atoms with E-state index in [4.69, 9.17) is 56.8 Å². The monoisotopic (exact) mass is 1370 g/mol. The van der Waals surface area contributed by atoms with Crippen molar-refractivity contribution in [1.82, 2.24) is 0 Å². The molecule has 11 aliphatic rings. The highest BCUT2D eigenvalue weighted by Gasteiger charge is 2.71. The van der Waals surface area contributed by atoms with Gasteiger partial charge in [0.2, 0.25) is 6.29 Å². The predicted octanol–water partition coefficient (Wildman–Crippen LogP) is -3.69. The van der Waals surface area contributed by atoms with E-state index < -0.39 is 226 Å². The average Bonchev–Trinajstić information content (AvgIpc) is 0.676. The molecule has 0 radical (unpaired) electrons. The summed E-state index contributed by atoms with van der Waals surface area (Å²) in [7, 11) is 0. The minimum Gasteiger partial charge on any atom is -0.432 e. The SMILES string of the molecule is C[C@H]1OC(O[C@@H]2[C@@H](O)[C@H](O)C(OC[C@@H]3OC(OC(=O)[C@@]45CCC(C)(C)C[C@@H]4C4=CC[C@H]6[C@]7(C)CC[C@@H](OC8OC[C@@H](OC9O[C@@H](CO)[C@H](O)[C@@H](O)[C@@H]9O)[C@@H](O)[C@@H]8OC8O[C@H](C)[C@@H](O)[C@H](O)[C@@H]8O)C(C)(C)[C@H]7CC[C@]6(C)[C@@]4(C)CC5)[C@@H](O)[C@H](O)[C@H]3O)O[C@H]2CO)[C@@H](O)[C@@H](O)[C@@H]1O. The molecule has 30 nitrogen and oxygen atoms in total. The Morgan fingerprint density at radius 1 is 0.495 bits per heavy atom. The van der Waals surface area contributed by atoms with Crippen LogP contribution >= 0.6 is 0 Å². The zero-order chi connectivity index (χ0) is 69.3. The number of hydrogen-bond acceptors (Lipinski definition) is 30. The molecule has 0 aromatic rings. The standard InChI is InChI=1S/C65H106O30/c1-25-36(68)41(73)46(78)54(86-25)93-51-30(22-67)89-53(50(82)45(51)77)84-23-31-39(71)44(76)49(81)57(90-31)95-59(83)65-18-16-60(3,4)20-28(65)27-10-11-34-62(7)14-13-35(61(5,6)33(62)12-15-64(34,9)63(27,8)17-19-65)92-58-52(94-55-47(79)42(74)37(69)26(2)87-55)40(72)32(24-85-58)91-56-48(80)43(75)38(70)29(21-66)88-56/h10,25-26,28-58,66-82H,11-24H2,1-9H3/t25-,26-,28-,29+,30+,31+,32-,33-,34+,35-,36-,37-,38+,39+,40-,41+,42+,43-,44-,45+,46+,47+,48+,49+,50+,51+,52+,53?,54?,55?,56?,57?,58?,62-,63+,64+,65-/m1/s1. The predicted molar refractivity (Wildman–Crippen MR) is 319 cm³/mol. The first kappa shape index (κ1) is 74.3. The molecule has 5 aliphatic carbocycles. The molecule has 11 rings (SSSR count). The van der Waals surface area contributed by atoms with Gasteiger partial charge in [-0.15, -0.1) is 0 Å². The first-order valence-electron chi connectivity index (χ1n) is 34.0. The van der Waals surface area contributed by atoms with Crippen molar-refractivity contribution in [2.24, 2.45) is 50.2 Å². The summed E-state index contributed by atoms with van der Waals surface area (Å²) in [5.74, 6) is -0.696. The fourth-order valence-corrected chi connectivity index (χ4v) is 19.0. The highest BCUT2D eigenvalue weighted by Crippen LogP contribution is 2.76. The fraction of sp³-hybridized carbons (Fsp3) is 0.954. The van der Waals surface area contributed by atoms with Gasteiger partial charge in [-0.2, -0.15) is 0 Å². The number of hydrogen-bond donors (Lipinski definition) is 17. The van der Waals surface area contributed by atoms with Crippen molar-refractivity contribution in [3.63, 3.8) is 0 Å². The summed E-state index contributed by atoms with van der Waals surface area (Å²) in [6, 6.07) is 0. The van der Waals surface area contributed by atoms with Crippen LogP contribution in [-0.2, 0) is 61.6 Å². The summed E-state index contributed by atoms with van der Waals surface area (Å²) < 4.78 is 72.0. The number of esters is 1. The Bertz CT molecular complexity index is 2670. The number of ether oxygens (including phenoxy) is 12. The van der Waals surface area contributed by atoms with Crippen LogP contribution in [0.1, 0.15) is 127 Å². The summed E-state index contributed by atoms with van der Waals surface area (Å²) in [6.45, 7) is 16.2. The maximum atomic E-state index is 15.3. The number of aliphatic hydroxyl groups is 17. The molecule has 0 aromatic heterocycles. The molecule has 0 bridgehead atoms. The molecule has 6 aliphatic heterocycles. The van der Waals surface area contributed by atoms with Crippen LogP contribution in [-0.4, -0.2) is 303 Å². The van der Waals surface area contributed by atoms with E-state index in [1.165, 1.54) is 19.4 Å². The zero-order valence-electron chi connectivity index (χ0n) is 55.4. The molecule has 17 N–H and O–H groups in total. The van der Waals surface area contributed by atoms with Crippen molar-refractivity contribution in [3.8, 4) is 0 Å². The van der Waals surface area contributed by atoms with E-state index in [2.05, 4.69) is 54.5 Å². The van der Waals surface area contributed by atoms with E-state index in [-0.39, 0.29) is 40.6 Å². The second kappa shape index (κ2) is 27.7. The molecule has 95 heavy (non-hydrogen) atoms. The molecule has 0 spiro atoms. The molecule has 30 heteroatoms. The van der Waals surface area contributed by atoms with E-state index in [0.717, 1.165) is 19.3 Å². The van der Waals surface area contributed by atoms with Crippen LogP contribution in [0.4, 0.5) is 0 Å². The van der Waals surface area contributed by atoms with Gasteiger partial charge >= 0.3 is 5.97 Å². The molecule has 10 fully saturated rings. The van der Waals surface area contributed by atoms with Crippen molar-refractivity contribution < 1.29 is 148 Å². The molecule has 0 amide bonds. The maximum absolute atomic E-state index is 15.3. The van der Waals surface area contributed by atoms with Crippen LogP contribution < -0.4 is 0 Å². The van der Waals surface area contributed by atoms with Gasteiger partial charge < -0.3 is 144 Å². The first-order valence-corrected chi connectivity index (χ1v) is 34.0. The van der Waals surface area contributed by atoms with E-state index in [1.54, 1.807) is 0 Å². The third kappa shape index (κ3) is 12.9. The Labute approximate surface area is 551 Å². The van der Waals surface area contributed by atoms with Gasteiger partial charge in [0.1, 0.15) is 128 Å². The smallest absolute Gasteiger partial charge is 0.315 e. The number of fused-ring (bicyclic) bond motifs is 7. The van der Waals surface area contributed by atoms with Gasteiger partial charge in [-0.25, -0.2) is 0 Å². The zero-order valence-corrected chi connectivity index (χ0v) is 55.4. The largest absolute Gasteiger partial charge is 0.432 e. The van der Waals surface area contributed by atoms with Crippen LogP contribution in [0.2, 0.25) is 0 Å². The maximum Gasteiger partial charge on any atom is 0.315 e. The van der Waals surface area contributed by atoms with Crippen LogP contribution in [0.5, 0.6) is 0 Å². The number of aliphatic hydroxyl groups excluding tert-OH is 17. The summed E-state index contributed by atoms with van der Waals surface area (Å²) in [5, 5.41) is 184. The average molecular weight is 1370 g/mol. The van der Waals surface area contributed by atoms with E-state index in [0.29, 0.717) is 44.9 Å². The van der Waals surface area contributed by atoms with E-state index in [9.17, 15) is 86.8 Å². The minimum absolute atomic E-state index is 0.0735.